The van der Waals surface area contributed by atoms with Gasteiger partial charge >= 0.3 is 5.97 Å². The fourth-order valence-corrected chi connectivity index (χ4v) is 7.06. The largest absolute Gasteiger partial charge is 0.481 e. The lowest BCUT2D eigenvalue weighted by atomic mass is 9.93. The molecule has 2 unspecified atom stereocenters. The van der Waals surface area contributed by atoms with Gasteiger partial charge in [-0.15, -0.1) is 0 Å². The van der Waals surface area contributed by atoms with Gasteiger partial charge in [-0.2, -0.15) is 0 Å². The number of ether oxygens (including phenoxy) is 1. The van der Waals surface area contributed by atoms with Crippen LogP contribution in [0.3, 0.4) is 0 Å². The molecule has 3 saturated heterocycles. The first-order chi connectivity index (χ1) is 20.3. The summed E-state index contributed by atoms with van der Waals surface area (Å²) in [7, 11) is 2.21. The zero-order chi connectivity index (χ0) is 29.2. The van der Waals surface area contributed by atoms with Crippen molar-refractivity contribution in [2.24, 2.45) is 11.8 Å². The van der Waals surface area contributed by atoms with Crippen molar-refractivity contribution in [3.05, 3.63) is 58.3 Å². The van der Waals surface area contributed by atoms with Gasteiger partial charge in [0.05, 0.1) is 18.1 Å². The summed E-state index contributed by atoms with van der Waals surface area (Å²) in [6.07, 6.45) is 7.81. The number of hydrogen-bond acceptors (Lipinski definition) is 8. The van der Waals surface area contributed by atoms with Crippen molar-refractivity contribution in [1.29, 1.82) is 0 Å². The van der Waals surface area contributed by atoms with Crippen LogP contribution in [0.4, 0.5) is 5.95 Å². The average molecular weight is 612 g/mol. The molecule has 2 atom stereocenters. The van der Waals surface area contributed by atoms with E-state index in [4.69, 9.17) is 38.0 Å². The van der Waals surface area contributed by atoms with Crippen molar-refractivity contribution < 1.29 is 14.6 Å². The topological polar surface area (TPSA) is 94.9 Å². The minimum Gasteiger partial charge on any atom is -0.481 e. The van der Waals surface area contributed by atoms with Crippen LogP contribution in [-0.2, 0) is 11.3 Å². The summed E-state index contributed by atoms with van der Waals surface area (Å²) in [6, 6.07) is 9.89. The molecule has 2 aromatic heterocycles. The number of likely N-dealkylation sites (tertiary alicyclic amines) is 2. The second-order valence-corrected chi connectivity index (χ2v) is 12.8. The fourth-order valence-electron chi connectivity index (χ4n) is 6.54. The number of carboxylic acids is 1. The highest BCUT2D eigenvalue weighted by atomic mass is 35.5. The molecule has 11 heteroatoms. The molecule has 1 N–H and O–H groups in total. The summed E-state index contributed by atoms with van der Waals surface area (Å²) in [5, 5.41) is 10.2. The molecule has 222 valence electrons. The van der Waals surface area contributed by atoms with E-state index in [0.29, 0.717) is 40.0 Å². The summed E-state index contributed by atoms with van der Waals surface area (Å²) in [4.78, 5) is 32.3. The Morgan fingerprint density at radius 2 is 1.74 bits per heavy atom. The van der Waals surface area contributed by atoms with Gasteiger partial charge in [0.25, 0.3) is 0 Å². The van der Waals surface area contributed by atoms with Gasteiger partial charge in [0.1, 0.15) is 0 Å². The van der Waals surface area contributed by atoms with Crippen molar-refractivity contribution >= 4 is 35.1 Å². The molecule has 0 spiro atoms. The first kappa shape index (κ1) is 29.1. The Kier molecular flexibility index (Phi) is 8.81. The Bertz CT molecular complexity index is 1400. The van der Waals surface area contributed by atoms with E-state index in [2.05, 4.69) is 31.7 Å². The normalized spacial score (nSPS) is 21.8. The second-order valence-electron chi connectivity index (χ2n) is 11.9. The van der Waals surface area contributed by atoms with Crippen molar-refractivity contribution in [3.8, 4) is 22.9 Å². The van der Waals surface area contributed by atoms with E-state index >= 15 is 0 Å². The molecule has 42 heavy (non-hydrogen) atoms. The van der Waals surface area contributed by atoms with E-state index in [1.165, 1.54) is 13.0 Å². The van der Waals surface area contributed by atoms with Gasteiger partial charge in [-0.25, -0.2) is 15.0 Å². The standard InChI is InChI=1S/C31H36Cl2N6O3/c1-37-17-21-4-7-39(19-26(37)8-21)31-34-15-27(16-35-31)42-29-10-22(18-38-5-2-20(3-6-38)11-30(40)41)9-28(36-29)23-12-24(32)14-25(33)13-23/h9-10,12-16,20-21,26H,2-8,11,17-19H2,1H3,(H,40,41). The Hall–Kier alpha value is -2.98. The van der Waals surface area contributed by atoms with Gasteiger partial charge in [-0.3, -0.25) is 9.69 Å². The smallest absolute Gasteiger partial charge is 0.303 e. The average Bonchev–Trinajstić information content (AvgIpc) is 3.15. The number of halogens is 2. The maximum absolute atomic E-state index is 11.1. The number of aliphatic carboxylic acids is 1. The van der Waals surface area contributed by atoms with Gasteiger partial charge in [0.15, 0.2) is 5.75 Å². The molecule has 1 aromatic carbocycles. The molecule has 3 aliphatic rings. The molecule has 3 fully saturated rings. The SMILES string of the molecule is CN1CC2CCN(c3ncc(Oc4cc(CN5CCC(CC(=O)O)CC5)cc(-c5cc(Cl)cc(Cl)c5)n4)cn3)CC1C2. The number of nitrogens with zero attached hydrogens (tertiary/aromatic N) is 6. The number of rotatable bonds is 8. The number of likely N-dealkylation sites (N-methyl/N-ethyl adjacent to an activating group) is 1. The van der Waals surface area contributed by atoms with Crippen LogP contribution >= 0.6 is 23.2 Å². The molecule has 5 heterocycles. The maximum Gasteiger partial charge on any atom is 0.303 e. The molecule has 6 rings (SSSR count). The molecular weight excluding hydrogens is 575 g/mol. The second kappa shape index (κ2) is 12.7. The summed E-state index contributed by atoms with van der Waals surface area (Å²) < 4.78 is 6.21. The molecule has 2 bridgehead atoms. The number of hydrogen-bond donors (Lipinski definition) is 1. The number of pyridine rings is 1. The van der Waals surface area contributed by atoms with E-state index in [1.807, 2.05) is 24.3 Å². The summed E-state index contributed by atoms with van der Waals surface area (Å²) in [5.74, 6) is 1.94. The molecule has 0 saturated carbocycles. The molecule has 9 nitrogen and oxygen atoms in total. The third-order valence-electron chi connectivity index (χ3n) is 8.73. The third kappa shape index (κ3) is 7.14. The summed E-state index contributed by atoms with van der Waals surface area (Å²) in [6.45, 7) is 5.48. The number of carboxylic acid groups (broad SMARTS) is 1. The Balaban J connectivity index is 1.20. The van der Waals surface area contributed by atoms with E-state index in [9.17, 15) is 4.79 Å². The highest BCUT2D eigenvalue weighted by molar-refractivity contribution is 6.35. The van der Waals surface area contributed by atoms with Crippen molar-refractivity contribution in [3.63, 3.8) is 0 Å². The van der Waals surface area contributed by atoms with Crippen LogP contribution < -0.4 is 9.64 Å². The first-order valence-electron chi connectivity index (χ1n) is 14.6. The van der Waals surface area contributed by atoms with Gasteiger partial charge in [0, 0.05) is 60.3 Å². The summed E-state index contributed by atoms with van der Waals surface area (Å²) in [5.41, 5.74) is 2.53. The fraction of sp³-hybridized carbons (Fsp3) is 0.484. The number of benzene rings is 1. The Morgan fingerprint density at radius 1 is 1.00 bits per heavy atom. The number of piperidine rings is 1. The van der Waals surface area contributed by atoms with Crippen LogP contribution in [-0.4, -0.2) is 81.6 Å². The molecule has 3 aromatic rings. The molecule has 0 amide bonds. The van der Waals surface area contributed by atoms with E-state index in [-0.39, 0.29) is 12.3 Å². The predicted octanol–water partition coefficient (Wildman–Crippen LogP) is 5.85. The molecule has 3 aliphatic heterocycles. The zero-order valence-corrected chi connectivity index (χ0v) is 25.3. The quantitative estimate of drug-likeness (QED) is 0.336. The number of fused-ring (bicyclic) bond motifs is 2. The lowest BCUT2D eigenvalue weighted by molar-refractivity contribution is -0.138. The lowest BCUT2D eigenvalue weighted by Crippen LogP contribution is -2.40. The van der Waals surface area contributed by atoms with Crippen LogP contribution in [0.25, 0.3) is 11.3 Å². The van der Waals surface area contributed by atoms with Crippen LogP contribution in [0.2, 0.25) is 10.0 Å². The van der Waals surface area contributed by atoms with Crippen LogP contribution in [0.15, 0.2) is 42.7 Å². The highest BCUT2D eigenvalue weighted by Gasteiger charge is 2.34. The highest BCUT2D eigenvalue weighted by Crippen LogP contribution is 2.32. The zero-order valence-electron chi connectivity index (χ0n) is 23.8. The van der Waals surface area contributed by atoms with Crippen molar-refractivity contribution in [2.45, 2.75) is 44.7 Å². The van der Waals surface area contributed by atoms with E-state index in [0.717, 1.165) is 68.4 Å². The maximum atomic E-state index is 11.1. The molecule has 0 aliphatic carbocycles. The minimum atomic E-state index is -0.725. The van der Waals surface area contributed by atoms with Crippen molar-refractivity contribution in [1.82, 2.24) is 24.8 Å². The number of anilines is 1. The van der Waals surface area contributed by atoms with Gasteiger partial charge < -0.3 is 19.6 Å². The minimum absolute atomic E-state index is 0.229. The van der Waals surface area contributed by atoms with Gasteiger partial charge in [-0.1, -0.05) is 23.2 Å². The number of carbonyl (C=O) groups is 1. The lowest BCUT2D eigenvalue weighted by Gasteiger charge is -2.31. The van der Waals surface area contributed by atoms with Crippen LogP contribution in [0.5, 0.6) is 11.6 Å². The molecular formula is C31H36Cl2N6O3. The van der Waals surface area contributed by atoms with Crippen LogP contribution in [0.1, 0.15) is 37.7 Å². The van der Waals surface area contributed by atoms with Crippen molar-refractivity contribution in [2.75, 3.05) is 44.7 Å². The van der Waals surface area contributed by atoms with E-state index in [1.54, 1.807) is 18.5 Å². The van der Waals surface area contributed by atoms with Gasteiger partial charge in [-0.05, 0) is 87.5 Å². The Morgan fingerprint density at radius 3 is 2.45 bits per heavy atom. The summed E-state index contributed by atoms with van der Waals surface area (Å²) >= 11 is 12.6. The van der Waals surface area contributed by atoms with Crippen LogP contribution in [0, 0.1) is 11.8 Å². The predicted molar refractivity (Wildman–Crippen MR) is 163 cm³/mol. The third-order valence-corrected chi connectivity index (χ3v) is 9.17. The monoisotopic (exact) mass is 610 g/mol. The van der Waals surface area contributed by atoms with Gasteiger partial charge in [0.2, 0.25) is 11.8 Å². The number of aromatic nitrogens is 3. The Labute approximate surface area is 256 Å². The molecule has 0 radical (unpaired) electrons. The van der Waals surface area contributed by atoms with E-state index < -0.39 is 5.97 Å². The first-order valence-corrected chi connectivity index (χ1v) is 15.4.